The summed E-state index contributed by atoms with van der Waals surface area (Å²) in [5, 5.41) is 17.5. The van der Waals surface area contributed by atoms with Crippen LogP contribution in [-0.2, 0) is 4.79 Å². The molecule has 0 radical (unpaired) electrons. The van der Waals surface area contributed by atoms with Crippen LogP contribution in [0.15, 0.2) is 34.5 Å². The van der Waals surface area contributed by atoms with Crippen molar-refractivity contribution in [2.75, 3.05) is 14.1 Å². The molecule has 94 valence electrons. The van der Waals surface area contributed by atoms with E-state index in [4.69, 9.17) is 17.3 Å². The standard InChI is InChI=1S/C11H12N4O2S/c1-14-9(10(17)15(2)11(14)18)13-12-7-3-5-8(16)6-4-7/h3-6,9,16H,1-2H3/t9-/m0/s1. The van der Waals surface area contributed by atoms with Crippen molar-refractivity contribution in [2.45, 2.75) is 6.17 Å². The van der Waals surface area contributed by atoms with Crippen LogP contribution in [0.25, 0.3) is 0 Å². The van der Waals surface area contributed by atoms with E-state index >= 15 is 0 Å². The minimum absolute atomic E-state index is 0.156. The van der Waals surface area contributed by atoms with E-state index in [1.165, 1.54) is 17.0 Å². The SMILES string of the molecule is CN1C(=O)[C@@H](N=Nc2ccc(O)cc2)N(C)C1=S. The first-order valence-electron chi connectivity index (χ1n) is 5.25. The first-order chi connectivity index (χ1) is 8.50. The van der Waals surface area contributed by atoms with Crippen molar-refractivity contribution >= 4 is 28.9 Å². The van der Waals surface area contributed by atoms with E-state index in [2.05, 4.69) is 10.2 Å². The summed E-state index contributed by atoms with van der Waals surface area (Å²) < 4.78 is 0. The molecular weight excluding hydrogens is 252 g/mol. The zero-order valence-electron chi connectivity index (χ0n) is 9.94. The zero-order valence-corrected chi connectivity index (χ0v) is 10.8. The van der Waals surface area contributed by atoms with Crippen LogP contribution in [0.2, 0.25) is 0 Å². The Morgan fingerprint density at radius 2 is 1.89 bits per heavy atom. The molecule has 0 spiro atoms. The second-order valence-electron chi connectivity index (χ2n) is 3.90. The van der Waals surface area contributed by atoms with Crippen LogP contribution >= 0.6 is 12.2 Å². The summed E-state index contributed by atoms with van der Waals surface area (Å²) in [5.41, 5.74) is 0.564. The molecule has 0 bridgehead atoms. The Bertz CT molecular complexity index is 514. The van der Waals surface area contributed by atoms with Gasteiger partial charge < -0.3 is 10.0 Å². The second-order valence-corrected chi connectivity index (χ2v) is 4.26. The molecule has 0 saturated carbocycles. The number of hydrogen-bond acceptors (Lipinski definition) is 5. The zero-order chi connectivity index (χ0) is 13.3. The Balaban J connectivity index is 2.16. The van der Waals surface area contributed by atoms with Gasteiger partial charge in [-0.05, 0) is 36.5 Å². The number of amides is 1. The molecule has 0 aliphatic carbocycles. The van der Waals surface area contributed by atoms with Crippen molar-refractivity contribution < 1.29 is 9.90 Å². The fraction of sp³-hybridized carbons (Fsp3) is 0.273. The lowest BCUT2D eigenvalue weighted by Gasteiger charge is -2.12. The number of aromatic hydroxyl groups is 1. The molecule has 1 atom stereocenters. The molecule has 7 heteroatoms. The molecular formula is C11H12N4O2S. The number of rotatable bonds is 2. The molecule has 6 nitrogen and oxygen atoms in total. The third kappa shape index (κ3) is 2.17. The molecule has 1 amide bonds. The third-order valence-corrected chi connectivity index (χ3v) is 3.20. The highest BCUT2D eigenvalue weighted by molar-refractivity contribution is 7.80. The molecule has 2 rings (SSSR count). The first kappa shape index (κ1) is 12.4. The summed E-state index contributed by atoms with van der Waals surface area (Å²) in [6, 6.07) is 6.23. The van der Waals surface area contributed by atoms with Gasteiger partial charge in [0.15, 0.2) is 5.11 Å². The number of carbonyl (C=O) groups is 1. The van der Waals surface area contributed by atoms with Crippen molar-refractivity contribution in [3.63, 3.8) is 0 Å². The average molecular weight is 264 g/mol. The highest BCUT2D eigenvalue weighted by Gasteiger charge is 2.38. The van der Waals surface area contributed by atoms with E-state index in [0.29, 0.717) is 10.8 Å². The first-order valence-corrected chi connectivity index (χ1v) is 5.66. The van der Waals surface area contributed by atoms with Gasteiger partial charge in [0, 0.05) is 14.1 Å². The Hall–Kier alpha value is -2.02. The molecule has 1 aliphatic heterocycles. The molecule has 1 aromatic carbocycles. The van der Waals surface area contributed by atoms with Crippen LogP contribution < -0.4 is 0 Å². The van der Waals surface area contributed by atoms with E-state index < -0.39 is 6.17 Å². The minimum atomic E-state index is -0.712. The molecule has 1 saturated heterocycles. The normalized spacial score (nSPS) is 20.2. The number of thiocarbonyl (C=S) groups is 1. The van der Waals surface area contributed by atoms with Crippen molar-refractivity contribution in [3.05, 3.63) is 24.3 Å². The largest absolute Gasteiger partial charge is 0.508 e. The average Bonchev–Trinajstić information content (AvgIpc) is 2.54. The van der Waals surface area contributed by atoms with Crippen molar-refractivity contribution in [1.82, 2.24) is 9.80 Å². The Morgan fingerprint density at radius 3 is 2.39 bits per heavy atom. The highest BCUT2D eigenvalue weighted by Crippen LogP contribution is 2.20. The number of nitrogens with zero attached hydrogens (tertiary/aromatic N) is 4. The summed E-state index contributed by atoms with van der Waals surface area (Å²) in [5.74, 6) is -0.0473. The van der Waals surface area contributed by atoms with Crippen LogP contribution in [0.3, 0.4) is 0 Å². The Labute approximate surface area is 110 Å². The van der Waals surface area contributed by atoms with Crippen molar-refractivity contribution in [1.29, 1.82) is 0 Å². The van der Waals surface area contributed by atoms with Crippen LogP contribution in [0.5, 0.6) is 5.75 Å². The summed E-state index contributed by atoms with van der Waals surface area (Å²) in [6.07, 6.45) is -0.712. The van der Waals surface area contributed by atoms with Gasteiger partial charge in [0.1, 0.15) is 5.75 Å². The maximum atomic E-state index is 11.8. The van der Waals surface area contributed by atoms with Crippen LogP contribution in [0.1, 0.15) is 0 Å². The van der Waals surface area contributed by atoms with Crippen LogP contribution in [0.4, 0.5) is 5.69 Å². The molecule has 1 N–H and O–H groups in total. The van der Waals surface area contributed by atoms with Gasteiger partial charge in [-0.1, -0.05) is 0 Å². The summed E-state index contributed by atoms with van der Waals surface area (Å²) >= 11 is 5.06. The van der Waals surface area contributed by atoms with Gasteiger partial charge in [-0.15, -0.1) is 0 Å². The van der Waals surface area contributed by atoms with Gasteiger partial charge >= 0.3 is 0 Å². The maximum Gasteiger partial charge on any atom is 0.275 e. The predicted molar refractivity (Wildman–Crippen MR) is 69.5 cm³/mol. The lowest BCUT2D eigenvalue weighted by molar-refractivity contribution is -0.127. The van der Waals surface area contributed by atoms with Gasteiger partial charge in [-0.25, -0.2) is 0 Å². The number of azo groups is 1. The molecule has 1 aromatic rings. The van der Waals surface area contributed by atoms with E-state index in [1.54, 1.807) is 31.1 Å². The smallest absolute Gasteiger partial charge is 0.275 e. The third-order valence-electron chi connectivity index (χ3n) is 2.64. The fourth-order valence-electron chi connectivity index (χ4n) is 1.54. The van der Waals surface area contributed by atoms with Gasteiger partial charge in [-0.3, -0.25) is 9.69 Å². The number of carbonyl (C=O) groups excluding carboxylic acids is 1. The van der Waals surface area contributed by atoms with Gasteiger partial charge in [0.2, 0.25) is 6.17 Å². The summed E-state index contributed by atoms with van der Waals surface area (Å²) in [7, 11) is 3.31. The summed E-state index contributed by atoms with van der Waals surface area (Å²) in [6.45, 7) is 0. The number of phenolic OH excluding ortho intramolecular Hbond substituents is 1. The quantitative estimate of drug-likeness (QED) is 0.649. The van der Waals surface area contributed by atoms with E-state index in [-0.39, 0.29) is 11.7 Å². The van der Waals surface area contributed by atoms with Crippen LogP contribution in [0, 0.1) is 0 Å². The molecule has 1 fully saturated rings. The highest BCUT2D eigenvalue weighted by atomic mass is 32.1. The number of benzene rings is 1. The van der Waals surface area contributed by atoms with Crippen LogP contribution in [-0.4, -0.2) is 46.2 Å². The Kier molecular flexibility index (Phi) is 3.24. The number of hydrogen-bond donors (Lipinski definition) is 1. The maximum absolute atomic E-state index is 11.8. The minimum Gasteiger partial charge on any atom is -0.508 e. The van der Waals surface area contributed by atoms with E-state index in [9.17, 15) is 4.79 Å². The van der Waals surface area contributed by atoms with Crippen molar-refractivity contribution in [3.8, 4) is 5.75 Å². The number of likely N-dealkylation sites (N-methyl/N-ethyl adjacent to an activating group) is 2. The van der Waals surface area contributed by atoms with Gasteiger partial charge in [0.05, 0.1) is 5.69 Å². The topological polar surface area (TPSA) is 68.5 Å². The monoisotopic (exact) mass is 264 g/mol. The second kappa shape index (κ2) is 4.69. The Morgan fingerprint density at radius 1 is 1.28 bits per heavy atom. The lowest BCUT2D eigenvalue weighted by Crippen LogP contribution is -2.28. The fourth-order valence-corrected chi connectivity index (χ4v) is 1.73. The lowest BCUT2D eigenvalue weighted by atomic mass is 10.3. The molecule has 1 heterocycles. The van der Waals surface area contributed by atoms with E-state index in [1.807, 2.05) is 0 Å². The molecule has 0 aromatic heterocycles. The van der Waals surface area contributed by atoms with Crippen molar-refractivity contribution in [2.24, 2.45) is 10.2 Å². The summed E-state index contributed by atoms with van der Waals surface area (Å²) in [4.78, 5) is 14.8. The molecule has 18 heavy (non-hydrogen) atoms. The molecule has 1 aliphatic rings. The molecule has 0 unspecified atom stereocenters. The van der Waals surface area contributed by atoms with Gasteiger partial charge in [-0.2, -0.15) is 10.2 Å². The van der Waals surface area contributed by atoms with Gasteiger partial charge in [0.25, 0.3) is 5.91 Å². The predicted octanol–water partition coefficient (Wildman–Crippen LogP) is 1.49. The van der Waals surface area contributed by atoms with E-state index in [0.717, 1.165) is 0 Å². The number of phenols is 1.